The lowest BCUT2D eigenvalue weighted by Gasteiger charge is -2.25. The summed E-state index contributed by atoms with van der Waals surface area (Å²) < 4.78 is 10.8. The second kappa shape index (κ2) is 10.9. The van der Waals surface area contributed by atoms with Crippen molar-refractivity contribution in [3.63, 3.8) is 0 Å². The van der Waals surface area contributed by atoms with Crippen LogP contribution in [0.3, 0.4) is 0 Å². The third-order valence-corrected chi connectivity index (χ3v) is 6.97. The monoisotopic (exact) mass is 541 g/mol. The van der Waals surface area contributed by atoms with E-state index >= 15 is 0 Å². The van der Waals surface area contributed by atoms with Crippen LogP contribution in [0.1, 0.15) is 29.7 Å². The Bertz CT molecular complexity index is 1640. The molecule has 2 N–H and O–H groups in total. The van der Waals surface area contributed by atoms with Crippen molar-refractivity contribution in [1.29, 1.82) is 0 Å². The Morgan fingerprint density at radius 2 is 1.82 bits per heavy atom. The number of likely N-dealkylation sites (tertiary alicyclic amines) is 1. The number of benzene rings is 3. The van der Waals surface area contributed by atoms with E-state index in [0.29, 0.717) is 35.7 Å². The summed E-state index contributed by atoms with van der Waals surface area (Å²) in [7, 11) is 1.58. The van der Waals surface area contributed by atoms with Crippen molar-refractivity contribution in [3.05, 3.63) is 105 Å². The van der Waals surface area contributed by atoms with Crippen LogP contribution in [0.2, 0.25) is 0 Å². The maximum absolute atomic E-state index is 13.4. The van der Waals surface area contributed by atoms with E-state index in [1.54, 1.807) is 37.4 Å². The minimum atomic E-state index is -1.02. The number of nitrogens with one attached hydrogen (secondary N) is 1. The molecule has 1 aromatic heterocycles. The van der Waals surface area contributed by atoms with Gasteiger partial charge in [-0.3, -0.25) is 19.7 Å². The Labute approximate surface area is 229 Å². The molecule has 0 bridgehead atoms. The van der Waals surface area contributed by atoms with Gasteiger partial charge in [0.2, 0.25) is 0 Å². The van der Waals surface area contributed by atoms with Crippen molar-refractivity contribution in [2.24, 2.45) is 0 Å². The van der Waals surface area contributed by atoms with Crippen molar-refractivity contribution in [2.45, 2.75) is 19.4 Å². The molecule has 1 aliphatic rings. The van der Waals surface area contributed by atoms with E-state index in [9.17, 15) is 24.8 Å². The molecule has 1 atom stereocenters. The van der Waals surface area contributed by atoms with Gasteiger partial charge in [0.1, 0.15) is 17.3 Å². The van der Waals surface area contributed by atoms with Crippen LogP contribution in [0, 0.1) is 10.1 Å². The molecule has 1 amide bonds. The first-order chi connectivity index (χ1) is 19.3. The second-order valence-corrected chi connectivity index (χ2v) is 9.28. The van der Waals surface area contributed by atoms with Crippen LogP contribution >= 0.6 is 0 Å². The van der Waals surface area contributed by atoms with Crippen LogP contribution in [-0.4, -0.2) is 51.9 Å². The van der Waals surface area contributed by atoms with Gasteiger partial charge >= 0.3 is 0 Å². The fourth-order valence-corrected chi connectivity index (χ4v) is 5.03. The molecule has 0 spiro atoms. The van der Waals surface area contributed by atoms with Gasteiger partial charge in [0.05, 0.1) is 30.3 Å². The topological polar surface area (TPSA) is 135 Å². The number of nitro benzene ring substituents is 1. The average molecular weight is 542 g/mol. The summed E-state index contributed by atoms with van der Waals surface area (Å²) in [4.78, 5) is 42.3. The Morgan fingerprint density at radius 3 is 2.52 bits per heavy atom. The highest BCUT2D eigenvalue weighted by Crippen LogP contribution is 2.40. The number of carbonyl (C=O) groups is 2. The zero-order valence-electron chi connectivity index (χ0n) is 21.9. The van der Waals surface area contributed by atoms with E-state index < -0.39 is 22.7 Å². The van der Waals surface area contributed by atoms with E-state index in [-0.39, 0.29) is 23.6 Å². The number of ketones is 1. The largest absolute Gasteiger partial charge is 0.507 e. The number of fused-ring (bicyclic) bond motifs is 1. The molecule has 1 saturated heterocycles. The maximum atomic E-state index is 13.4. The molecular formula is C30H27N3O7. The number of nitrogens with zero attached hydrogens (tertiary/aromatic N) is 2. The first-order valence-corrected chi connectivity index (χ1v) is 12.7. The molecule has 40 heavy (non-hydrogen) atoms. The van der Waals surface area contributed by atoms with Crippen molar-refractivity contribution >= 4 is 34.0 Å². The van der Waals surface area contributed by atoms with Gasteiger partial charge in [-0.15, -0.1) is 0 Å². The number of hydrogen-bond acceptors (Lipinski definition) is 7. The number of ether oxygens (including phenoxy) is 2. The normalized spacial score (nSPS) is 16.4. The van der Waals surface area contributed by atoms with Gasteiger partial charge in [0, 0.05) is 41.3 Å². The smallest absolute Gasteiger partial charge is 0.295 e. The summed E-state index contributed by atoms with van der Waals surface area (Å²) in [5.41, 5.74) is 2.15. The maximum Gasteiger partial charge on any atom is 0.295 e. The number of methoxy groups -OCH3 is 1. The number of hydrogen-bond donors (Lipinski definition) is 2. The van der Waals surface area contributed by atoms with Gasteiger partial charge in [0.15, 0.2) is 0 Å². The van der Waals surface area contributed by atoms with E-state index in [4.69, 9.17) is 9.47 Å². The zero-order valence-corrected chi connectivity index (χ0v) is 21.9. The number of carbonyl (C=O) groups excluding carboxylic acids is 2. The lowest BCUT2D eigenvalue weighted by Crippen LogP contribution is -2.31. The van der Waals surface area contributed by atoms with Gasteiger partial charge in [-0.1, -0.05) is 12.1 Å². The second-order valence-electron chi connectivity index (χ2n) is 9.28. The molecule has 0 radical (unpaired) electrons. The summed E-state index contributed by atoms with van der Waals surface area (Å²) in [6.07, 6.45) is 2.22. The number of nitro groups is 1. The van der Waals surface area contributed by atoms with Crippen LogP contribution < -0.4 is 9.47 Å². The summed E-state index contributed by atoms with van der Waals surface area (Å²) in [6, 6.07) is 16.9. The highest BCUT2D eigenvalue weighted by Gasteiger charge is 2.46. The summed E-state index contributed by atoms with van der Waals surface area (Å²) >= 11 is 0. The van der Waals surface area contributed by atoms with Gasteiger partial charge in [-0.2, -0.15) is 0 Å². The Hall–Kier alpha value is -5.12. The summed E-state index contributed by atoms with van der Waals surface area (Å²) in [5, 5.41) is 23.7. The standard InChI is InChI=1S/C30H27N3O7/c1-3-40-22-9-7-18(8-10-22)28(34)26-27(19-5-4-6-21(15-19)33(37)38)32(30(36)29(26)35)14-13-20-17-31-25-12-11-23(39-2)16-24(20)25/h4-12,15-17,27,31,34H,3,13-14H2,1-2H3/b28-26-. The number of amides is 1. The zero-order chi connectivity index (χ0) is 28.4. The fourth-order valence-electron chi connectivity index (χ4n) is 5.03. The average Bonchev–Trinajstić information content (AvgIpc) is 3.49. The molecule has 4 aromatic rings. The summed E-state index contributed by atoms with van der Waals surface area (Å²) in [6.45, 7) is 2.44. The number of H-pyrrole nitrogens is 1. The molecule has 204 valence electrons. The van der Waals surface area contributed by atoms with Gasteiger partial charge in [-0.05, 0) is 66.9 Å². The van der Waals surface area contributed by atoms with Gasteiger partial charge in [-0.25, -0.2) is 0 Å². The quantitative estimate of drug-likeness (QED) is 0.0984. The Kier molecular flexibility index (Phi) is 7.24. The van der Waals surface area contributed by atoms with Crippen molar-refractivity contribution in [2.75, 3.05) is 20.3 Å². The predicted octanol–water partition coefficient (Wildman–Crippen LogP) is 5.15. The van der Waals surface area contributed by atoms with E-state index in [1.807, 2.05) is 31.3 Å². The third-order valence-electron chi connectivity index (χ3n) is 6.97. The summed E-state index contributed by atoms with van der Waals surface area (Å²) in [5.74, 6) is -0.743. The molecule has 1 aliphatic heterocycles. The van der Waals surface area contributed by atoms with E-state index in [1.165, 1.54) is 23.1 Å². The molecule has 10 heteroatoms. The fraction of sp³-hybridized carbons (Fsp3) is 0.200. The Morgan fingerprint density at radius 1 is 1.07 bits per heavy atom. The Balaban J connectivity index is 1.56. The number of aromatic nitrogens is 1. The van der Waals surface area contributed by atoms with E-state index in [0.717, 1.165) is 16.5 Å². The van der Waals surface area contributed by atoms with E-state index in [2.05, 4.69) is 4.98 Å². The number of aromatic amines is 1. The van der Waals surface area contributed by atoms with Crippen LogP contribution in [0.5, 0.6) is 11.5 Å². The van der Waals surface area contributed by atoms with Crippen LogP contribution in [0.25, 0.3) is 16.7 Å². The first-order valence-electron chi connectivity index (χ1n) is 12.7. The lowest BCUT2D eigenvalue weighted by atomic mass is 9.95. The SMILES string of the molecule is CCOc1ccc(/C(O)=C2/C(=O)C(=O)N(CCc3c[nH]c4ccc(OC)cc34)C2c2cccc([N+](=O)[O-])c2)cc1. The van der Waals surface area contributed by atoms with Gasteiger partial charge in [0.25, 0.3) is 17.4 Å². The van der Waals surface area contributed by atoms with Crippen LogP contribution in [-0.2, 0) is 16.0 Å². The minimum absolute atomic E-state index is 0.127. The molecular weight excluding hydrogens is 514 g/mol. The molecule has 2 heterocycles. The number of rotatable bonds is 9. The van der Waals surface area contributed by atoms with Crippen molar-refractivity contribution < 1.29 is 29.1 Å². The third kappa shape index (κ3) is 4.86. The van der Waals surface area contributed by atoms with Crippen molar-refractivity contribution in [1.82, 2.24) is 9.88 Å². The highest BCUT2D eigenvalue weighted by atomic mass is 16.6. The van der Waals surface area contributed by atoms with Crippen LogP contribution in [0.15, 0.2) is 78.5 Å². The number of non-ortho nitro benzene ring substituents is 1. The number of aliphatic hydroxyl groups is 1. The first kappa shape index (κ1) is 26.5. The predicted molar refractivity (Wildman–Crippen MR) is 148 cm³/mol. The molecule has 0 aliphatic carbocycles. The number of aliphatic hydroxyl groups excluding tert-OH is 1. The molecule has 1 fully saturated rings. The number of Topliss-reactive ketones (excluding diaryl/α,β-unsaturated/α-hetero) is 1. The van der Waals surface area contributed by atoms with Crippen molar-refractivity contribution in [3.8, 4) is 11.5 Å². The highest BCUT2D eigenvalue weighted by molar-refractivity contribution is 6.46. The lowest BCUT2D eigenvalue weighted by molar-refractivity contribution is -0.384. The van der Waals surface area contributed by atoms with Crippen LogP contribution in [0.4, 0.5) is 5.69 Å². The minimum Gasteiger partial charge on any atom is -0.507 e. The van der Waals surface area contributed by atoms with Gasteiger partial charge < -0.3 is 24.5 Å². The molecule has 5 rings (SSSR count). The molecule has 3 aromatic carbocycles. The molecule has 10 nitrogen and oxygen atoms in total. The molecule has 0 saturated carbocycles. The molecule has 1 unspecified atom stereocenters.